The van der Waals surface area contributed by atoms with E-state index in [1.54, 1.807) is 6.33 Å². The fourth-order valence-corrected chi connectivity index (χ4v) is 4.58. The second kappa shape index (κ2) is 5.54. The molecule has 1 unspecified atom stereocenters. The van der Waals surface area contributed by atoms with Crippen molar-refractivity contribution >= 4 is 52.1 Å². The minimum absolute atomic E-state index is 0.225. The summed E-state index contributed by atoms with van der Waals surface area (Å²) in [7, 11) is 0. The highest BCUT2D eigenvalue weighted by Crippen LogP contribution is 2.25. The fourth-order valence-electron chi connectivity index (χ4n) is 1.80. The first-order chi connectivity index (χ1) is 8.83. The number of aromatic amines is 1. The smallest absolute Gasteiger partial charge is 0.226 e. The zero-order chi connectivity index (χ0) is 12.4. The number of H-pyrrole nitrogens is 1. The number of hydrogen-bond acceptors (Lipinski definition) is 6. The van der Waals surface area contributed by atoms with Crippen molar-refractivity contribution in [3.05, 3.63) is 11.6 Å². The summed E-state index contributed by atoms with van der Waals surface area (Å²) >= 11 is 9.89. The molecule has 1 aliphatic rings. The number of fused-ring (bicyclic) bond motifs is 1. The third-order valence-corrected chi connectivity index (χ3v) is 5.65. The van der Waals surface area contributed by atoms with Gasteiger partial charge in [0, 0.05) is 29.1 Å². The van der Waals surface area contributed by atoms with Gasteiger partial charge in [0.05, 0.1) is 6.33 Å². The van der Waals surface area contributed by atoms with Crippen LogP contribution >= 0.6 is 35.1 Å². The van der Waals surface area contributed by atoms with E-state index < -0.39 is 0 Å². The topological polar surface area (TPSA) is 66.5 Å². The predicted octanol–water partition coefficient (Wildman–Crippen LogP) is 2.27. The van der Waals surface area contributed by atoms with Crippen molar-refractivity contribution in [2.24, 2.45) is 0 Å². The van der Waals surface area contributed by atoms with Crippen LogP contribution in [0.25, 0.3) is 11.2 Å². The Bertz CT molecular complexity index is 540. The molecule has 2 aromatic rings. The van der Waals surface area contributed by atoms with Crippen molar-refractivity contribution in [1.82, 2.24) is 19.9 Å². The molecule has 1 saturated heterocycles. The summed E-state index contributed by atoms with van der Waals surface area (Å²) in [4.78, 5) is 15.4. The standard InChI is InChI=1S/C10H12ClN5S2/c11-10-15-8(7-9(16-10)14-5-13-7)12-3-6-4-17-1-2-18-6/h5-6H,1-4H2,(H2,12,13,14,15,16). The van der Waals surface area contributed by atoms with Crippen molar-refractivity contribution in [3.8, 4) is 0 Å². The van der Waals surface area contributed by atoms with Crippen LogP contribution in [0.15, 0.2) is 6.33 Å². The average molecular weight is 302 g/mol. The molecule has 0 spiro atoms. The second-order valence-electron chi connectivity index (χ2n) is 3.89. The monoisotopic (exact) mass is 301 g/mol. The maximum atomic E-state index is 5.88. The molecule has 3 heterocycles. The van der Waals surface area contributed by atoms with E-state index in [-0.39, 0.29) is 5.28 Å². The Kier molecular flexibility index (Phi) is 3.81. The van der Waals surface area contributed by atoms with Gasteiger partial charge in [-0.2, -0.15) is 33.5 Å². The Hall–Kier alpha value is -0.660. The van der Waals surface area contributed by atoms with Gasteiger partial charge in [-0.1, -0.05) is 0 Å². The number of nitrogens with zero attached hydrogens (tertiary/aromatic N) is 3. The first kappa shape index (κ1) is 12.4. The number of halogens is 1. The van der Waals surface area contributed by atoms with Crippen LogP contribution in [0.1, 0.15) is 0 Å². The lowest BCUT2D eigenvalue weighted by molar-refractivity contribution is 0.992. The van der Waals surface area contributed by atoms with Gasteiger partial charge in [0.2, 0.25) is 5.28 Å². The van der Waals surface area contributed by atoms with E-state index in [0.717, 1.165) is 17.9 Å². The minimum atomic E-state index is 0.225. The second-order valence-corrected chi connectivity index (χ2v) is 6.79. The summed E-state index contributed by atoms with van der Waals surface area (Å²) in [6, 6.07) is 0. The molecule has 18 heavy (non-hydrogen) atoms. The van der Waals surface area contributed by atoms with Gasteiger partial charge in [0.25, 0.3) is 0 Å². The number of thioether (sulfide) groups is 2. The SMILES string of the molecule is Clc1nc(NCC2CSCCS2)c2[nH]cnc2n1. The van der Waals surface area contributed by atoms with Crippen molar-refractivity contribution in [2.75, 3.05) is 29.1 Å². The van der Waals surface area contributed by atoms with Crippen LogP contribution in [0, 0.1) is 0 Å². The van der Waals surface area contributed by atoms with Gasteiger partial charge in [0.1, 0.15) is 5.52 Å². The first-order valence-electron chi connectivity index (χ1n) is 5.63. The molecule has 2 aromatic heterocycles. The fraction of sp³-hybridized carbons (Fsp3) is 0.500. The van der Waals surface area contributed by atoms with Crippen LogP contribution in [-0.4, -0.2) is 49.0 Å². The maximum absolute atomic E-state index is 5.88. The molecule has 0 aliphatic carbocycles. The number of aromatic nitrogens is 4. The number of anilines is 1. The molecule has 0 amide bonds. The molecule has 0 saturated carbocycles. The third kappa shape index (κ3) is 2.67. The zero-order valence-electron chi connectivity index (χ0n) is 9.52. The summed E-state index contributed by atoms with van der Waals surface area (Å²) in [5.41, 5.74) is 1.41. The lowest BCUT2D eigenvalue weighted by Gasteiger charge is -2.21. The number of rotatable bonds is 3. The molecule has 1 aliphatic heterocycles. The van der Waals surface area contributed by atoms with E-state index in [2.05, 4.69) is 25.3 Å². The zero-order valence-corrected chi connectivity index (χ0v) is 11.9. The maximum Gasteiger partial charge on any atom is 0.226 e. The van der Waals surface area contributed by atoms with Crippen LogP contribution in [0.5, 0.6) is 0 Å². The molecule has 0 bridgehead atoms. The van der Waals surface area contributed by atoms with Gasteiger partial charge >= 0.3 is 0 Å². The Balaban J connectivity index is 1.75. The van der Waals surface area contributed by atoms with E-state index >= 15 is 0 Å². The van der Waals surface area contributed by atoms with Crippen molar-refractivity contribution in [1.29, 1.82) is 0 Å². The van der Waals surface area contributed by atoms with Crippen molar-refractivity contribution in [3.63, 3.8) is 0 Å². The molecule has 0 radical (unpaired) electrons. The molecule has 1 atom stereocenters. The minimum Gasteiger partial charge on any atom is -0.367 e. The quantitative estimate of drug-likeness (QED) is 0.848. The summed E-state index contributed by atoms with van der Waals surface area (Å²) in [6.45, 7) is 0.888. The van der Waals surface area contributed by atoms with Crippen molar-refractivity contribution < 1.29 is 0 Å². The predicted molar refractivity (Wildman–Crippen MR) is 78.8 cm³/mol. The molecular weight excluding hydrogens is 290 g/mol. The largest absolute Gasteiger partial charge is 0.367 e. The van der Waals surface area contributed by atoms with Crippen molar-refractivity contribution in [2.45, 2.75) is 5.25 Å². The van der Waals surface area contributed by atoms with Gasteiger partial charge in [-0.15, -0.1) is 0 Å². The number of hydrogen-bond donors (Lipinski definition) is 2. The molecule has 0 aromatic carbocycles. The summed E-state index contributed by atoms with van der Waals surface area (Å²) < 4.78 is 0. The Labute approximate surface area is 118 Å². The summed E-state index contributed by atoms with van der Waals surface area (Å²) in [5, 5.41) is 4.19. The molecule has 2 N–H and O–H groups in total. The highest BCUT2D eigenvalue weighted by molar-refractivity contribution is 8.06. The Morgan fingerprint density at radius 1 is 1.44 bits per heavy atom. The number of nitrogens with one attached hydrogen (secondary N) is 2. The molecule has 3 rings (SSSR count). The van der Waals surface area contributed by atoms with Gasteiger partial charge in [0.15, 0.2) is 11.5 Å². The number of imidazole rings is 1. The van der Waals surface area contributed by atoms with E-state index in [4.69, 9.17) is 11.6 Å². The lowest BCUT2D eigenvalue weighted by Crippen LogP contribution is -2.23. The van der Waals surface area contributed by atoms with Crippen LogP contribution in [0.4, 0.5) is 5.82 Å². The summed E-state index contributed by atoms with van der Waals surface area (Å²) in [5.74, 6) is 4.40. The molecular formula is C10H12ClN5S2. The normalized spacial score (nSPS) is 20.2. The van der Waals surface area contributed by atoms with Gasteiger partial charge in [-0.25, -0.2) is 4.98 Å². The average Bonchev–Trinajstić information content (AvgIpc) is 2.85. The lowest BCUT2D eigenvalue weighted by atomic mass is 10.4. The van der Waals surface area contributed by atoms with Gasteiger partial charge in [-0.3, -0.25) is 0 Å². The highest BCUT2D eigenvalue weighted by atomic mass is 35.5. The van der Waals surface area contributed by atoms with Crippen LogP contribution in [0.2, 0.25) is 5.28 Å². The summed E-state index contributed by atoms with van der Waals surface area (Å²) in [6.07, 6.45) is 1.60. The first-order valence-corrected chi connectivity index (χ1v) is 8.21. The molecule has 1 fully saturated rings. The van der Waals surface area contributed by atoms with Crippen LogP contribution < -0.4 is 5.32 Å². The van der Waals surface area contributed by atoms with E-state index in [1.807, 2.05) is 23.5 Å². The van der Waals surface area contributed by atoms with Crippen LogP contribution in [-0.2, 0) is 0 Å². The van der Waals surface area contributed by atoms with Gasteiger partial charge < -0.3 is 10.3 Å². The molecule has 96 valence electrons. The van der Waals surface area contributed by atoms with E-state index in [1.165, 1.54) is 17.3 Å². The van der Waals surface area contributed by atoms with E-state index in [9.17, 15) is 0 Å². The third-order valence-electron chi connectivity index (χ3n) is 2.64. The molecule has 8 heteroatoms. The van der Waals surface area contributed by atoms with Crippen LogP contribution in [0.3, 0.4) is 0 Å². The van der Waals surface area contributed by atoms with Gasteiger partial charge in [-0.05, 0) is 11.6 Å². The molecule has 5 nitrogen and oxygen atoms in total. The van der Waals surface area contributed by atoms with E-state index in [0.29, 0.717) is 10.9 Å². The Morgan fingerprint density at radius 2 is 2.39 bits per heavy atom. The Morgan fingerprint density at radius 3 is 3.22 bits per heavy atom. The highest BCUT2D eigenvalue weighted by Gasteiger charge is 2.15.